The van der Waals surface area contributed by atoms with E-state index in [1.54, 1.807) is 12.4 Å². The summed E-state index contributed by atoms with van der Waals surface area (Å²) in [7, 11) is 0. The van der Waals surface area contributed by atoms with Crippen LogP contribution < -0.4 is 10.5 Å². The minimum atomic E-state index is 0.558. The van der Waals surface area contributed by atoms with Gasteiger partial charge in [0.05, 0.1) is 6.20 Å². The van der Waals surface area contributed by atoms with Gasteiger partial charge in [0, 0.05) is 12.7 Å². The van der Waals surface area contributed by atoms with Crippen molar-refractivity contribution in [1.29, 1.82) is 0 Å². The van der Waals surface area contributed by atoms with Crippen molar-refractivity contribution in [3.63, 3.8) is 0 Å². The Balaban J connectivity index is 2.04. The summed E-state index contributed by atoms with van der Waals surface area (Å²) in [6.45, 7) is 3.20. The Kier molecular flexibility index (Phi) is 3.73. The lowest BCUT2D eigenvalue weighted by atomic mass is 10.1. The standard InChI is InChI=1S/C14H16N2O/c1-11-7-12(8-15)4-5-13(11)10-17-14-3-2-6-16-9-14/h2-7,9H,8,10,15H2,1H3. The van der Waals surface area contributed by atoms with Gasteiger partial charge >= 0.3 is 0 Å². The van der Waals surface area contributed by atoms with E-state index in [0.717, 1.165) is 11.3 Å². The molecule has 0 radical (unpaired) electrons. The molecule has 0 fully saturated rings. The van der Waals surface area contributed by atoms with Crippen molar-refractivity contribution in [3.8, 4) is 5.75 Å². The van der Waals surface area contributed by atoms with Crippen molar-refractivity contribution >= 4 is 0 Å². The Hall–Kier alpha value is -1.87. The van der Waals surface area contributed by atoms with Crippen molar-refractivity contribution in [3.05, 3.63) is 59.4 Å². The van der Waals surface area contributed by atoms with Gasteiger partial charge in [-0.15, -0.1) is 0 Å². The number of hydrogen-bond acceptors (Lipinski definition) is 3. The molecule has 0 bridgehead atoms. The molecular formula is C14H16N2O. The number of ether oxygens (including phenoxy) is 1. The number of nitrogens with two attached hydrogens (primary N) is 1. The monoisotopic (exact) mass is 228 g/mol. The van der Waals surface area contributed by atoms with Crippen LogP contribution in [0.25, 0.3) is 0 Å². The van der Waals surface area contributed by atoms with Crippen molar-refractivity contribution in [2.24, 2.45) is 5.73 Å². The van der Waals surface area contributed by atoms with Gasteiger partial charge < -0.3 is 10.5 Å². The quantitative estimate of drug-likeness (QED) is 0.874. The highest BCUT2D eigenvalue weighted by atomic mass is 16.5. The third-order valence-electron chi connectivity index (χ3n) is 2.67. The molecule has 0 atom stereocenters. The van der Waals surface area contributed by atoms with Gasteiger partial charge in [-0.25, -0.2) is 0 Å². The minimum Gasteiger partial charge on any atom is -0.487 e. The largest absolute Gasteiger partial charge is 0.487 e. The number of aryl methyl sites for hydroxylation is 1. The first-order valence-electron chi connectivity index (χ1n) is 5.61. The fourth-order valence-electron chi connectivity index (χ4n) is 1.64. The lowest BCUT2D eigenvalue weighted by Gasteiger charge is -2.09. The lowest BCUT2D eigenvalue weighted by molar-refractivity contribution is 0.304. The zero-order valence-electron chi connectivity index (χ0n) is 9.89. The number of rotatable bonds is 4. The molecule has 1 aromatic carbocycles. The summed E-state index contributed by atoms with van der Waals surface area (Å²) >= 11 is 0. The fourth-order valence-corrected chi connectivity index (χ4v) is 1.64. The summed E-state index contributed by atoms with van der Waals surface area (Å²) < 4.78 is 5.65. The first-order valence-corrected chi connectivity index (χ1v) is 5.61. The molecule has 2 rings (SSSR count). The molecule has 0 aliphatic carbocycles. The summed E-state index contributed by atoms with van der Waals surface area (Å²) in [4.78, 5) is 4.01. The van der Waals surface area contributed by atoms with Gasteiger partial charge in [0.1, 0.15) is 12.4 Å². The van der Waals surface area contributed by atoms with Gasteiger partial charge in [-0.2, -0.15) is 0 Å². The number of pyridine rings is 1. The van der Waals surface area contributed by atoms with Crippen molar-refractivity contribution in [2.45, 2.75) is 20.1 Å². The van der Waals surface area contributed by atoms with E-state index < -0.39 is 0 Å². The topological polar surface area (TPSA) is 48.1 Å². The zero-order valence-corrected chi connectivity index (χ0v) is 9.89. The van der Waals surface area contributed by atoms with Crippen molar-refractivity contribution in [2.75, 3.05) is 0 Å². The SMILES string of the molecule is Cc1cc(CN)ccc1COc1cccnc1. The fraction of sp³-hybridized carbons (Fsp3) is 0.214. The Morgan fingerprint density at radius 1 is 1.29 bits per heavy atom. The Morgan fingerprint density at radius 2 is 2.18 bits per heavy atom. The van der Waals surface area contributed by atoms with E-state index >= 15 is 0 Å². The second kappa shape index (κ2) is 5.46. The molecule has 1 aromatic heterocycles. The van der Waals surface area contributed by atoms with Crippen LogP contribution >= 0.6 is 0 Å². The molecule has 3 nitrogen and oxygen atoms in total. The van der Waals surface area contributed by atoms with E-state index in [1.807, 2.05) is 18.2 Å². The zero-order chi connectivity index (χ0) is 12.1. The number of aromatic nitrogens is 1. The molecular weight excluding hydrogens is 212 g/mol. The maximum Gasteiger partial charge on any atom is 0.138 e. The Morgan fingerprint density at radius 3 is 2.82 bits per heavy atom. The van der Waals surface area contributed by atoms with Gasteiger partial charge in [0.2, 0.25) is 0 Å². The second-order valence-corrected chi connectivity index (χ2v) is 3.94. The van der Waals surface area contributed by atoms with Crippen LogP contribution in [0.4, 0.5) is 0 Å². The average Bonchev–Trinajstić information content (AvgIpc) is 2.38. The first-order chi connectivity index (χ1) is 8.29. The molecule has 88 valence electrons. The van der Waals surface area contributed by atoms with Crippen LogP contribution in [0.5, 0.6) is 5.75 Å². The van der Waals surface area contributed by atoms with Gasteiger partial charge in [-0.3, -0.25) is 4.98 Å². The van der Waals surface area contributed by atoms with Crippen LogP contribution in [0.1, 0.15) is 16.7 Å². The van der Waals surface area contributed by atoms with Gasteiger partial charge in [-0.05, 0) is 35.7 Å². The van der Waals surface area contributed by atoms with Crippen LogP contribution in [0.15, 0.2) is 42.7 Å². The summed E-state index contributed by atoms with van der Waals surface area (Å²) in [5.41, 5.74) is 9.12. The van der Waals surface area contributed by atoms with Crippen LogP contribution in [0.3, 0.4) is 0 Å². The molecule has 17 heavy (non-hydrogen) atoms. The van der Waals surface area contributed by atoms with Crippen molar-refractivity contribution < 1.29 is 4.74 Å². The smallest absolute Gasteiger partial charge is 0.138 e. The molecule has 0 amide bonds. The van der Waals surface area contributed by atoms with E-state index in [9.17, 15) is 0 Å². The normalized spacial score (nSPS) is 10.2. The van der Waals surface area contributed by atoms with E-state index in [1.165, 1.54) is 11.1 Å². The van der Waals surface area contributed by atoms with Crippen LogP contribution in [-0.2, 0) is 13.2 Å². The lowest BCUT2D eigenvalue weighted by Crippen LogP contribution is -2.01. The van der Waals surface area contributed by atoms with Gasteiger partial charge in [0.25, 0.3) is 0 Å². The molecule has 0 spiro atoms. The molecule has 0 saturated carbocycles. The highest BCUT2D eigenvalue weighted by molar-refractivity contribution is 5.31. The number of nitrogens with zero attached hydrogens (tertiary/aromatic N) is 1. The van der Waals surface area contributed by atoms with E-state index in [-0.39, 0.29) is 0 Å². The molecule has 2 aromatic rings. The predicted molar refractivity (Wildman–Crippen MR) is 67.6 cm³/mol. The summed E-state index contributed by atoms with van der Waals surface area (Å²) in [6, 6.07) is 9.96. The average molecular weight is 228 g/mol. The summed E-state index contributed by atoms with van der Waals surface area (Å²) in [5, 5.41) is 0. The predicted octanol–water partition coefficient (Wildman–Crippen LogP) is 2.43. The molecule has 2 N–H and O–H groups in total. The molecule has 0 aliphatic heterocycles. The Labute approximate surface area is 101 Å². The van der Waals surface area contributed by atoms with Gasteiger partial charge in [0.15, 0.2) is 0 Å². The molecule has 0 unspecified atom stereocenters. The second-order valence-electron chi connectivity index (χ2n) is 3.94. The maximum atomic E-state index is 5.65. The number of hydrogen-bond donors (Lipinski definition) is 1. The number of benzene rings is 1. The van der Waals surface area contributed by atoms with E-state index in [2.05, 4.69) is 24.0 Å². The molecule has 0 saturated heterocycles. The molecule has 1 heterocycles. The van der Waals surface area contributed by atoms with Crippen LogP contribution in [0, 0.1) is 6.92 Å². The highest BCUT2D eigenvalue weighted by Gasteiger charge is 2.01. The van der Waals surface area contributed by atoms with E-state index in [0.29, 0.717) is 13.2 Å². The van der Waals surface area contributed by atoms with Gasteiger partial charge in [-0.1, -0.05) is 18.2 Å². The maximum absolute atomic E-state index is 5.65. The van der Waals surface area contributed by atoms with Crippen LogP contribution in [-0.4, -0.2) is 4.98 Å². The molecule has 3 heteroatoms. The third kappa shape index (κ3) is 3.04. The highest BCUT2D eigenvalue weighted by Crippen LogP contribution is 2.14. The third-order valence-corrected chi connectivity index (χ3v) is 2.67. The molecule has 0 aliphatic rings. The summed E-state index contributed by atoms with van der Waals surface area (Å²) in [5.74, 6) is 0.787. The Bertz CT molecular complexity index is 483. The summed E-state index contributed by atoms with van der Waals surface area (Å²) in [6.07, 6.45) is 3.44. The minimum absolute atomic E-state index is 0.558. The van der Waals surface area contributed by atoms with E-state index in [4.69, 9.17) is 10.5 Å². The first kappa shape index (κ1) is 11.6. The van der Waals surface area contributed by atoms with Crippen LogP contribution in [0.2, 0.25) is 0 Å². The van der Waals surface area contributed by atoms with Crippen molar-refractivity contribution in [1.82, 2.24) is 4.98 Å².